The number of hydrogen-bond acceptors (Lipinski definition) is 6. The highest BCUT2D eigenvalue weighted by Crippen LogP contribution is 2.56. The highest BCUT2D eigenvalue weighted by atomic mass is 16.6. The van der Waals surface area contributed by atoms with Gasteiger partial charge in [0, 0.05) is 17.9 Å². The Balaban J connectivity index is 1.81. The van der Waals surface area contributed by atoms with Crippen molar-refractivity contribution in [3.05, 3.63) is 119 Å². The number of allylic oxidation sites excluding steroid dienone is 1. The van der Waals surface area contributed by atoms with Gasteiger partial charge in [0.05, 0.1) is 18.1 Å². The summed E-state index contributed by atoms with van der Waals surface area (Å²) in [4.78, 5) is 32.1. The van der Waals surface area contributed by atoms with Crippen LogP contribution in [0.1, 0.15) is 41.9 Å². The monoisotopic (exact) mass is 467 g/mol. The Morgan fingerprint density at radius 1 is 0.971 bits per heavy atom. The van der Waals surface area contributed by atoms with Crippen molar-refractivity contribution in [3.63, 3.8) is 0 Å². The lowest BCUT2D eigenvalue weighted by Crippen LogP contribution is -2.50. The summed E-state index contributed by atoms with van der Waals surface area (Å²) in [6, 6.07) is 27.8. The van der Waals surface area contributed by atoms with Crippen LogP contribution in [0.15, 0.2) is 107 Å². The Bertz CT molecular complexity index is 1300. The minimum Gasteiger partial charge on any atom is -0.512 e. The van der Waals surface area contributed by atoms with Crippen LogP contribution in [0.4, 0.5) is 0 Å². The van der Waals surface area contributed by atoms with Gasteiger partial charge in [0.15, 0.2) is 5.54 Å². The highest BCUT2D eigenvalue weighted by Gasteiger charge is 2.63. The van der Waals surface area contributed by atoms with Crippen LogP contribution in [-0.4, -0.2) is 35.1 Å². The van der Waals surface area contributed by atoms with Crippen molar-refractivity contribution in [2.45, 2.75) is 30.7 Å². The first-order chi connectivity index (χ1) is 17.1. The van der Waals surface area contributed by atoms with E-state index in [1.165, 1.54) is 0 Å². The van der Waals surface area contributed by atoms with Crippen molar-refractivity contribution < 1.29 is 24.2 Å². The van der Waals surface area contributed by atoms with E-state index in [-0.39, 0.29) is 30.3 Å². The Hall–Kier alpha value is -4.19. The molecule has 1 aliphatic carbocycles. The van der Waals surface area contributed by atoms with E-state index in [2.05, 4.69) is 0 Å². The predicted molar refractivity (Wildman–Crippen MR) is 131 cm³/mol. The molecule has 0 bridgehead atoms. The molecule has 0 saturated carbocycles. The van der Waals surface area contributed by atoms with E-state index in [1.807, 2.05) is 91.0 Å². The number of ether oxygens (including phenoxy) is 2. The first-order valence-electron chi connectivity index (χ1n) is 11.6. The SMILES string of the molecule is CCOC(=O)C1=C(O)C[C@H](c2ccccc2)[C@@]2(N=C(c3ccccc3)OC2=O)[C@H]1c1ccccc1. The topological polar surface area (TPSA) is 85.2 Å². The number of carbonyl (C=O) groups excluding carboxylic acids is 2. The van der Waals surface area contributed by atoms with E-state index >= 15 is 0 Å². The first-order valence-corrected chi connectivity index (χ1v) is 11.6. The minimum atomic E-state index is -1.51. The Morgan fingerprint density at radius 3 is 2.14 bits per heavy atom. The van der Waals surface area contributed by atoms with Crippen LogP contribution in [0.5, 0.6) is 0 Å². The van der Waals surface area contributed by atoms with Crippen molar-refractivity contribution in [3.8, 4) is 0 Å². The van der Waals surface area contributed by atoms with E-state index < -0.39 is 29.3 Å². The van der Waals surface area contributed by atoms with E-state index in [4.69, 9.17) is 14.5 Å². The molecule has 1 heterocycles. The third-order valence-corrected chi connectivity index (χ3v) is 6.62. The van der Waals surface area contributed by atoms with Gasteiger partial charge in [-0.1, -0.05) is 78.9 Å². The van der Waals surface area contributed by atoms with Gasteiger partial charge in [-0.25, -0.2) is 14.6 Å². The van der Waals surface area contributed by atoms with Gasteiger partial charge in [0.25, 0.3) is 0 Å². The summed E-state index contributed by atoms with van der Waals surface area (Å²) in [6.07, 6.45) is 0.0438. The number of aliphatic hydroxyl groups is 1. The molecule has 0 fully saturated rings. The van der Waals surface area contributed by atoms with Crippen molar-refractivity contribution >= 4 is 17.8 Å². The van der Waals surface area contributed by atoms with Crippen molar-refractivity contribution in [1.82, 2.24) is 0 Å². The number of rotatable bonds is 5. The smallest absolute Gasteiger partial charge is 0.342 e. The third-order valence-electron chi connectivity index (χ3n) is 6.62. The number of aliphatic imine (C=N–C) groups is 1. The first kappa shape index (κ1) is 22.6. The van der Waals surface area contributed by atoms with Gasteiger partial charge >= 0.3 is 11.9 Å². The molecule has 0 saturated heterocycles. The van der Waals surface area contributed by atoms with E-state index in [0.29, 0.717) is 11.1 Å². The molecule has 3 atom stereocenters. The fourth-order valence-electron chi connectivity index (χ4n) is 5.13. The van der Waals surface area contributed by atoms with Crippen LogP contribution in [0.2, 0.25) is 0 Å². The molecule has 1 spiro atoms. The van der Waals surface area contributed by atoms with Gasteiger partial charge in [0.2, 0.25) is 5.90 Å². The molecule has 0 radical (unpaired) electrons. The van der Waals surface area contributed by atoms with Crippen LogP contribution < -0.4 is 0 Å². The van der Waals surface area contributed by atoms with Crippen LogP contribution in [0.25, 0.3) is 0 Å². The molecule has 3 aromatic rings. The minimum absolute atomic E-state index is 0.0419. The van der Waals surface area contributed by atoms with Gasteiger partial charge < -0.3 is 14.6 Å². The second kappa shape index (κ2) is 9.22. The lowest BCUT2D eigenvalue weighted by molar-refractivity contribution is -0.142. The zero-order valence-corrected chi connectivity index (χ0v) is 19.3. The van der Waals surface area contributed by atoms with Crippen molar-refractivity contribution in [2.24, 2.45) is 4.99 Å². The molecule has 5 rings (SSSR count). The number of hydrogen-bond donors (Lipinski definition) is 1. The zero-order valence-electron chi connectivity index (χ0n) is 19.3. The van der Waals surface area contributed by atoms with E-state index in [0.717, 1.165) is 5.56 Å². The van der Waals surface area contributed by atoms with Crippen molar-refractivity contribution in [2.75, 3.05) is 6.61 Å². The maximum absolute atomic E-state index is 13.9. The molecule has 3 aromatic carbocycles. The average molecular weight is 468 g/mol. The van der Waals surface area contributed by atoms with Gasteiger partial charge in [-0.15, -0.1) is 0 Å². The zero-order chi connectivity index (χ0) is 24.4. The molecular weight excluding hydrogens is 442 g/mol. The summed E-state index contributed by atoms with van der Waals surface area (Å²) in [5, 5.41) is 11.2. The fourth-order valence-corrected chi connectivity index (χ4v) is 5.13. The van der Waals surface area contributed by atoms with Gasteiger partial charge in [-0.2, -0.15) is 0 Å². The predicted octanol–water partition coefficient (Wildman–Crippen LogP) is 5.08. The summed E-state index contributed by atoms with van der Waals surface area (Å²) >= 11 is 0. The maximum atomic E-state index is 13.9. The number of aliphatic hydroxyl groups excluding tert-OH is 1. The molecule has 0 amide bonds. The lowest BCUT2D eigenvalue weighted by atomic mass is 9.61. The fraction of sp³-hybridized carbons (Fsp3) is 0.207. The van der Waals surface area contributed by atoms with Crippen LogP contribution >= 0.6 is 0 Å². The molecule has 1 N–H and O–H groups in total. The van der Waals surface area contributed by atoms with Gasteiger partial charge in [-0.05, 0) is 30.2 Å². The highest BCUT2D eigenvalue weighted by molar-refractivity contribution is 6.10. The number of benzene rings is 3. The van der Waals surface area contributed by atoms with Crippen molar-refractivity contribution in [1.29, 1.82) is 0 Å². The van der Waals surface area contributed by atoms with E-state index in [1.54, 1.807) is 6.92 Å². The summed E-state index contributed by atoms with van der Waals surface area (Å²) in [6.45, 7) is 1.84. The molecule has 35 heavy (non-hydrogen) atoms. The molecule has 1 aliphatic heterocycles. The molecule has 0 aromatic heterocycles. The standard InChI is InChI=1S/C29H25NO5/c1-2-34-27(32)24-23(31)18-22(19-12-6-3-7-13-19)29(25(24)20-14-8-4-9-15-20)28(33)35-26(30-29)21-16-10-5-11-17-21/h3-17,22,25,31H,2,18H2,1H3/t22-,25+,29-/m1/s1. The molecule has 6 heteroatoms. The second-order valence-corrected chi connectivity index (χ2v) is 8.59. The molecule has 6 nitrogen and oxygen atoms in total. The molecule has 0 unspecified atom stereocenters. The largest absolute Gasteiger partial charge is 0.512 e. The molecular formula is C29H25NO5. The summed E-state index contributed by atoms with van der Waals surface area (Å²) in [5.74, 6) is -2.61. The average Bonchev–Trinajstić information content (AvgIpc) is 3.23. The molecule has 176 valence electrons. The van der Waals surface area contributed by atoms with Crippen LogP contribution in [-0.2, 0) is 19.1 Å². The summed E-state index contributed by atoms with van der Waals surface area (Å²) in [5.41, 5.74) is 0.672. The maximum Gasteiger partial charge on any atom is 0.342 e. The summed E-state index contributed by atoms with van der Waals surface area (Å²) in [7, 11) is 0. The number of esters is 2. The second-order valence-electron chi connectivity index (χ2n) is 8.59. The molecule has 2 aliphatic rings. The number of nitrogens with zero attached hydrogens (tertiary/aromatic N) is 1. The number of cyclic esters (lactones) is 1. The Kier molecular flexibility index (Phi) is 5.95. The quantitative estimate of drug-likeness (QED) is 0.529. The van der Waals surface area contributed by atoms with Gasteiger partial charge in [0.1, 0.15) is 5.76 Å². The van der Waals surface area contributed by atoms with Gasteiger partial charge in [-0.3, -0.25) is 0 Å². The van der Waals surface area contributed by atoms with E-state index in [9.17, 15) is 14.7 Å². The van der Waals surface area contributed by atoms with Crippen LogP contribution in [0.3, 0.4) is 0 Å². The number of carbonyl (C=O) groups is 2. The Morgan fingerprint density at radius 2 is 1.54 bits per heavy atom. The third kappa shape index (κ3) is 3.81. The van der Waals surface area contributed by atoms with Crippen LogP contribution in [0, 0.1) is 0 Å². The Labute approximate surface area is 203 Å². The normalized spacial score (nSPS) is 23.7. The lowest BCUT2D eigenvalue weighted by Gasteiger charge is -2.42. The summed E-state index contributed by atoms with van der Waals surface area (Å²) < 4.78 is 11.2.